The maximum absolute atomic E-state index is 10.8. The third-order valence-electron chi connectivity index (χ3n) is 2.43. The number of para-hydroxylation sites is 1. The van der Waals surface area contributed by atoms with Crippen molar-refractivity contribution in [1.29, 1.82) is 0 Å². The second kappa shape index (κ2) is 4.37. The highest BCUT2D eigenvalue weighted by Crippen LogP contribution is 2.25. The predicted molar refractivity (Wildman–Crippen MR) is 54.7 cm³/mol. The molecule has 0 unspecified atom stereocenters. The molecule has 1 aliphatic rings. The highest BCUT2D eigenvalue weighted by Gasteiger charge is 2.23. The van der Waals surface area contributed by atoms with Crippen LogP contribution in [-0.2, 0) is 4.74 Å². The molecule has 1 fully saturated rings. The van der Waals surface area contributed by atoms with E-state index < -0.39 is 0 Å². The van der Waals surface area contributed by atoms with Gasteiger partial charge in [-0.15, -0.1) is 0 Å². The molecule has 5 heteroatoms. The van der Waals surface area contributed by atoms with Crippen LogP contribution in [0, 0.1) is 10.1 Å². The molecule has 1 aromatic rings. The number of nitrogens with one attached hydrogen (secondary N) is 1. The minimum atomic E-state index is -0.356. The Morgan fingerprint density at radius 1 is 1.47 bits per heavy atom. The van der Waals surface area contributed by atoms with E-state index in [0.29, 0.717) is 18.8 Å². The minimum absolute atomic E-state index is 0.0691. The fraction of sp³-hybridized carbons (Fsp3) is 0.400. The van der Waals surface area contributed by atoms with Gasteiger partial charge in [-0.05, 0) is 0 Å². The van der Waals surface area contributed by atoms with Gasteiger partial charge in [-0.1, -0.05) is 18.2 Å². The molecular formula is C10H12N2O3. The normalized spacial score (nSPS) is 21.2. The van der Waals surface area contributed by atoms with Crippen LogP contribution in [0.3, 0.4) is 0 Å². The second-order valence-corrected chi connectivity index (χ2v) is 3.40. The van der Waals surface area contributed by atoms with Crippen LogP contribution >= 0.6 is 0 Å². The number of nitro groups is 1. The fourth-order valence-corrected chi connectivity index (χ4v) is 1.71. The smallest absolute Gasteiger partial charge is 0.274 e. The number of nitrogens with zero attached hydrogens (tertiary/aromatic N) is 1. The molecule has 0 amide bonds. The van der Waals surface area contributed by atoms with E-state index in [1.807, 2.05) is 0 Å². The van der Waals surface area contributed by atoms with Crippen LogP contribution in [0.2, 0.25) is 0 Å². The molecule has 5 nitrogen and oxygen atoms in total. The molecule has 1 aliphatic heterocycles. The molecule has 1 saturated heterocycles. The summed E-state index contributed by atoms with van der Waals surface area (Å²) in [6.07, 6.45) is 0. The van der Waals surface area contributed by atoms with Crippen molar-refractivity contribution in [3.05, 3.63) is 39.9 Å². The summed E-state index contributed by atoms with van der Waals surface area (Å²) in [6, 6.07) is 6.69. The summed E-state index contributed by atoms with van der Waals surface area (Å²) in [4.78, 5) is 10.4. The highest BCUT2D eigenvalue weighted by molar-refractivity contribution is 5.42. The summed E-state index contributed by atoms with van der Waals surface area (Å²) in [5.41, 5.74) is 0.850. The van der Waals surface area contributed by atoms with E-state index in [1.165, 1.54) is 6.07 Å². The molecule has 2 rings (SSSR count). The van der Waals surface area contributed by atoms with Crippen LogP contribution in [0.15, 0.2) is 24.3 Å². The SMILES string of the molecule is O=[N+]([O-])c1ccccc1[C@@H]1COCCN1. The van der Waals surface area contributed by atoms with E-state index in [1.54, 1.807) is 18.2 Å². The van der Waals surface area contributed by atoms with E-state index >= 15 is 0 Å². The Morgan fingerprint density at radius 2 is 2.27 bits per heavy atom. The van der Waals surface area contributed by atoms with Gasteiger partial charge in [0.05, 0.1) is 24.2 Å². The molecule has 80 valence electrons. The van der Waals surface area contributed by atoms with Crippen LogP contribution < -0.4 is 5.32 Å². The number of nitro benzene ring substituents is 1. The Kier molecular flexibility index (Phi) is 2.94. The van der Waals surface area contributed by atoms with Crippen LogP contribution in [0.25, 0.3) is 0 Å². The van der Waals surface area contributed by atoms with Gasteiger partial charge in [0.1, 0.15) is 0 Å². The standard InChI is InChI=1S/C10H12N2O3/c13-12(14)10-4-2-1-3-8(10)9-7-15-6-5-11-9/h1-4,9,11H,5-7H2/t9-/m0/s1. The van der Waals surface area contributed by atoms with Gasteiger partial charge >= 0.3 is 0 Å². The molecule has 0 bridgehead atoms. The zero-order valence-corrected chi connectivity index (χ0v) is 8.18. The number of hydrogen-bond donors (Lipinski definition) is 1. The summed E-state index contributed by atoms with van der Waals surface area (Å²) < 4.78 is 5.29. The molecule has 0 spiro atoms. The van der Waals surface area contributed by atoms with Crippen molar-refractivity contribution in [2.24, 2.45) is 0 Å². The Hall–Kier alpha value is -1.46. The van der Waals surface area contributed by atoms with Crippen molar-refractivity contribution in [2.75, 3.05) is 19.8 Å². The Labute approximate surface area is 87.2 Å². The zero-order chi connectivity index (χ0) is 10.7. The quantitative estimate of drug-likeness (QED) is 0.587. The largest absolute Gasteiger partial charge is 0.378 e. The Balaban J connectivity index is 2.29. The molecule has 1 N–H and O–H groups in total. The molecule has 0 radical (unpaired) electrons. The van der Waals surface area contributed by atoms with Crippen molar-refractivity contribution in [3.8, 4) is 0 Å². The van der Waals surface area contributed by atoms with Crippen LogP contribution in [0.4, 0.5) is 5.69 Å². The summed E-state index contributed by atoms with van der Waals surface area (Å²) >= 11 is 0. The van der Waals surface area contributed by atoms with Gasteiger partial charge < -0.3 is 10.1 Å². The molecule has 0 aliphatic carbocycles. The number of hydrogen-bond acceptors (Lipinski definition) is 4. The predicted octanol–water partition coefficient (Wildman–Crippen LogP) is 1.26. The monoisotopic (exact) mass is 208 g/mol. The first kappa shape index (κ1) is 10.1. The maximum atomic E-state index is 10.8. The van der Waals surface area contributed by atoms with Gasteiger partial charge in [0.15, 0.2) is 0 Å². The van der Waals surface area contributed by atoms with Crippen LogP contribution in [0.1, 0.15) is 11.6 Å². The summed E-state index contributed by atoms with van der Waals surface area (Å²) in [7, 11) is 0. The van der Waals surface area contributed by atoms with Crippen molar-refractivity contribution in [3.63, 3.8) is 0 Å². The van der Waals surface area contributed by atoms with Crippen molar-refractivity contribution in [2.45, 2.75) is 6.04 Å². The Morgan fingerprint density at radius 3 is 2.93 bits per heavy atom. The van der Waals surface area contributed by atoms with Crippen LogP contribution in [-0.4, -0.2) is 24.7 Å². The van der Waals surface area contributed by atoms with Gasteiger partial charge in [0.25, 0.3) is 5.69 Å². The summed E-state index contributed by atoms with van der Waals surface area (Å²) in [6.45, 7) is 1.89. The third kappa shape index (κ3) is 2.14. The number of morpholine rings is 1. The average molecular weight is 208 g/mol. The summed E-state index contributed by atoms with van der Waals surface area (Å²) in [5, 5.41) is 14.0. The fourth-order valence-electron chi connectivity index (χ4n) is 1.71. The number of ether oxygens (including phenoxy) is 1. The lowest BCUT2D eigenvalue weighted by molar-refractivity contribution is -0.385. The van der Waals surface area contributed by atoms with Crippen molar-refractivity contribution >= 4 is 5.69 Å². The first-order valence-electron chi connectivity index (χ1n) is 4.83. The molecule has 0 saturated carbocycles. The first-order chi connectivity index (χ1) is 7.29. The lowest BCUT2D eigenvalue weighted by Gasteiger charge is -2.23. The minimum Gasteiger partial charge on any atom is -0.378 e. The van der Waals surface area contributed by atoms with E-state index in [-0.39, 0.29) is 16.7 Å². The van der Waals surface area contributed by atoms with Crippen molar-refractivity contribution < 1.29 is 9.66 Å². The van der Waals surface area contributed by atoms with Gasteiger partial charge in [-0.2, -0.15) is 0 Å². The lowest BCUT2D eigenvalue weighted by Crippen LogP contribution is -2.34. The highest BCUT2D eigenvalue weighted by atomic mass is 16.6. The van der Waals surface area contributed by atoms with E-state index in [9.17, 15) is 10.1 Å². The first-order valence-corrected chi connectivity index (χ1v) is 4.83. The van der Waals surface area contributed by atoms with E-state index in [2.05, 4.69) is 5.32 Å². The zero-order valence-electron chi connectivity index (χ0n) is 8.18. The van der Waals surface area contributed by atoms with E-state index in [4.69, 9.17) is 4.74 Å². The second-order valence-electron chi connectivity index (χ2n) is 3.40. The van der Waals surface area contributed by atoms with Gasteiger partial charge in [-0.25, -0.2) is 0 Å². The Bertz CT molecular complexity index is 361. The topological polar surface area (TPSA) is 64.4 Å². The maximum Gasteiger partial charge on any atom is 0.274 e. The third-order valence-corrected chi connectivity index (χ3v) is 2.43. The van der Waals surface area contributed by atoms with E-state index in [0.717, 1.165) is 6.54 Å². The average Bonchev–Trinajstić information content (AvgIpc) is 2.30. The van der Waals surface area contributed by atoms with Gasteiger partial charge in [-0.3, -0.25) is 10.1 Å². The van der Waals surface area contributed by atoms with Gasteiger partial charge in [0.2, 0.25) is 0 Å². The number of benzene rings is 1. The molecule has 1 atom stereocenters. The molecule has 1 aromatic carbocycles. The van der Waals surface area contributed by atoms with Gasteiger partial charge in [0, 0.05) is 18.2 Å². The molecule has 15 heavy (non-hydrogen) atoms. The van der Waals surface area contributed by atoms with Crippen molar-refractivity contribution in [1.82, 2.24) is 5.32 Å². The molecular weight excluding hydrogens is 196 g/mol. The molecule has 1 heterocycles. The van der Waals surface area contributed by atoms with Crippen LogP contribution in [0.5, 0.6) is 0 Å². The summed E-state index contributed by atoms with van der Waals surface area (Å²) in [5.74, 6) is 0. The lowest BCUT2D eigenvalue weighted by atomic mass is 10.0. The number of rotatable bonds is 2. The molecule has 0 aromatic heterocycles.